The lowest BCUT2D eigenvalue weighted by Gasteiger charge is -2.13. The molecule has 0 radical (unpaired) electrons. The number of rotatable bonds is 1. The van der Waals surface area contributed by atoms with E-state index in [0.717, 1.165) is 40.9 Å². The molecule has 90 valence electrons. The first-order valence-corrected chi connectivity index (χ1v) is 6.84. The zero-order valence-electron chi connectivity index (χ0n) is 9.86. The predicted molar refractivity (Wildman–Crippen MR) is 73.0 cm³/mol. The average molecular weight is 302 g/mol. The van der Waals surface area contributed by atoms with Crippen LogP contribution in [0.2, 0.25) is 0 Å². The number of hydrogen-bond donors (Lipinski definition) is 0. The van der Waals surface area contributed by atoms with E-state index in [0.29, 0.717) is 5.69 Å². The van der Waals surface area contributed by atoms with Crippen LogP contribution in [0.25, 0.3) is 11.3 Å². The van der Waals surface area contributed by atoms with Crippen molar-refractivity contribution in [2.45, 2.75) is 25.8 Å². The Kier molecular flexibility index (Phi) is 2.92. The number of aromatic nitrogens is 2. The van der Waals surface area contributed by atoms with Crippen LogP contribution in [0.15, 0.2) is 28.7 Å². The van der Waals surface area contributed by atoms with Crippen molar-refractivity contribution in [3.8, 4) is 17.3 Å². The standard InChI is InChI=1S/C14H12BrN3/c15-11-6-4-10(5-7-11)14-12(9-16)18-8-2-1-3-13(18)17-14/h4-7H,1-3,8H2. The van der Waals surface area contributed by atoms with E-state index in [-0.39, 0.29) is 0 Å². The highest BCUT2D eigenvalue weighted by atomic mass is 79.9. The Labute approximate surface area is 114 Å². The summed E-state index contributed by atoms with van der Waals surface area (Å²) in [6, 6.07) is 10.3. The van der Waals surface area contributed by atoms with E-state index in [9.17, 15) is 5.26 Å². The Balaban J connectivity index is 2.15. The summed E-state index contributed by atoms with van der Waals surface area (Å²) in [6.45, 7) is 0.918. The van der Waals surface area contributed by atoms with Gasteiger partial charge in [0.15, 0.2) is 0 Å². The third-order valence-corrected chi connectivity index (χ3v) is 3.83. The molecule has 0 saturated carbocycles. The van der Waals surface area contributed by atoms with Gasteiger partial charge in [0.2, 0.25) is 0 Å². The van der Waals surface area contributed by atoms with E-state index in [1.165, 1.54) is 6.42 Å². The van der Waals surface area contributed by atoms with E-state index in [1.807, 2.05) is 24.3 Å². The van der Waals surface area contributed by atoms with Gasteiger partial charge in [0.05, 0.1) is 0 Å². The molecule has 0 unspecified atom stereocenters. The van der Waals surface area contributed by atoms with Gasteiger partial charge in [-0.2, -0.15) is 5.26 Å². The summed E-state index contributed by atoms with van der Waals surface area (Å²) in [5.41, 5.74) is 2.53. The molecular formula is C14H12BrN3. The largest absolute Gasteiger partial charge is 0.319 e. The summed E-state index contributed by atoms with van der Waals surface area (Å²) in [7, 11) is 0. The summed E-state index contributed by atoms with van der Waals surface area (Å²) in [6.07, 6.45) is 3.28. The van der Waals surface area contributed by atoms with Crippen molar-refractivity contribution >= 4 is 15.9 Å². The monoisotopic (exact) mass is 301 g/mol. The topological polar surface area (TPSA) is 41.6 Å². The van der Waals surface area contributed by atoms with Crippen LogP contribution in [0, 0.1) is 11.3 Å². The second-order valence-corrected chi connectivity index (χ2v) is 5.37. The number of fused-ring (bicyclic) bond motifs is 1. The number of nitrogens with zero attached hydrogens (tertiary/aromatic N) is 3. The Hall–Kier alpha value is -1.60. The first kappa shape index (κ1) is 11.5. The van der Waals surface area contributed by atoms with E-state index < -0.39 is 0 Å². The highest BCUT2D eigenvalue weighted by molar-refractivity contribution is 9.10. The smallest absolute Gasteiger partial charge is 0.148 e. The third kappa shape index (κ3) is 1.85. The lowest BCUT2D eigenvalue weighted by Crippen LogP contribution is -2.11. The van der Waals surface area contributed by atoms with Crippen molar-refractivity contribution in [2.75, 3.05) is 0 Å². The maximum absolute atomic E-state index is 9.36. The second-order valence-electron chi connectivity index (χ2n) is 4.45. The van der Waals surface area contributed by atoms with Crippen LogP contribution in [-0.4, -0.2) is 9.55 Å². The third-order valence-electron chi connectivity index (χ3n) is 3.30. The molecule has 3 nitrogen and oxygen atoms in total. The first-order chi connectivity index (χ1) is 8.79. The van der Waals surface area contributed by atoms with Gasteiger partial charge in [-0.15, -0.1) is 0 Å². The Morgan fingerprint density at radius 1 is 1.22 bits per heavy atom. The molecule has 0 saturated heterocycles. The quantitative estimate of drug-likeness (QED) is 0.808. The van der Waals surface area contributed by atoms with E-state index in [1.54, 1.807) is 0 Å². The molecule has 0 spiro atoms. The molecule has 4 heteroatoms. The second kappa shape index (κ2) is 4.58. The van der Waals surface area contributed by atoms with Gasteiger partial charge in [-0.1, -0.05) is 28.1 Å². The van der Waals surface area contributed by atoms with Crippen LogP contribution < -0.4 is 0 Å². The van der Waals surface area contributed by atoms with E-state index >= 15 is 0 Å². The molecule has 1 aromatic heterocycles. The molecule has 2 heterocycles. The molecule has 3 rings (SSSR count). The molecule has 0 bridgehead atoms. The summed E-state index contributed by atoms with van der Waals surface area (Å²) in [5.74, 6) is 1.05. The molecule has 0 amide bonds. The van der Waals surface area contributed by atoms with Gasteiger partial charge < -0.3 is 4.57 Å². The fraction of sp³-hybridized carbons (Fsp3) is 0.286. The van der Waals surface area contributed by atoms with Crippen molar-refractivity contribution in [1.29, 1.82) is 5.26 Å². The molecule has 1 aromatic carbocycles. The Morgan fingerprint density at radius 3 is 2.72 bits per heavy atom. The van der Waals surface area contributed by atoms with Gasteiger partial charge in [0, 0.05) is 23.0 Å². The molecule has 0 fully saturated rings. The van der Waals surface area contributed by atoms with Crippen molar-refractivity contribution in [3.05, 3.63) is 40.3 Å². The molecule has 0 N–H and O–H groups in total. The van der Waals surface area contributed by atoms with Gasteiger partial charge in [0.25, 0.3) is 0 Å². The van der Waals surface area contributed by atoms with Crippen molar-refractivity contribution < 1.29 is 0 Å². The normalized spacial score (nSPS) is 14.0. The number of halogens is 1. The number of aryl methyl sites for hydroxylation is 1. The SMILES string of the molecule is N#Cc1c(-c2ccc(Br)cc2)nc2n1CCCC2. The predicted octanol–water partition coefficient (Wildman–Crippen LogP) is 3.52. The van der Waals surface area contributed by atoms with Crippen molar-refractivity contribution in [3.63, 3.8) is 0 Å². The van der Waals surface area contributed by atoms with Crippen molar-refractivity contribution in [1.82, 2.24) is 9.55 Å². The highest BCUT2D eigenvalue weighted by Crippen LogP contribution is 2.28. The van der Waals surface area contributed by atoms with Gasteiger partial charge in [-0.3, -0.25) is 0 Å². The summed E-state index contributed by atoms with van der Waals surface area (Å²) in [5, 5.41) is 9.36. The van der Waals surface area contributed by atoms with Crippen LogP contribution in [-0.2, 0) is 13.0 Å². The zero-order chi connectivity index (χ0) is 12.5. The van der Waals surface area contributed by atoms with Gasteiger partial charge in [0.1, 0.15) is 23.3 Å². The molecule has 0 atom stereocenters. The van der Waals surface area contributed by atoms with Crippen LogP contribution in [0.3, 0.4) is 0 Å². The lowest BCUT2D eigenvalue weighted by molar-refractivity contribution is 0.519. The minimum atomic E-state index is 0.701. The van der Waals surface area contributed by atoms with Gasteiger partial charge in [-0.05, 0) is 25.0 Å². The molecular weight excluding hydrogens is 290 g/mol. The maximum atomic E-state index is 9.36. The minimum Gasteiger partial charge on any atom is -0.319 e. The number of hydrogen-bond acceptors (Lipinski definition) is 2. The fourth-order valence-electron chi connectivity index (χ4n) is 2.41. The van der Waals surface area contributed by atoms with E-state index in [2.05, 4.69) is 31.6 Å². The zero-order valence-corrected chi connectivity index (χ0v) is 11.4. The molecule has 18 heavy (non-hydrogen) atoms. The number of nitriles is 1. The fourth-order valence-corrected chi connectivity index (χ4v) is 2.67. The summed E-state index contributed by atoms with van der Waals surface area (Å²) >= 11 is 3.42. The number of imidazole rings is 1. The average Bonchev–Trinajstić information content (AvgIpc) is 2.78. The van der Waals surface area contributed by atoms with Gasteiger partial charge in [-0.25, -0.2) is 4.98 Å². The first-order valence-electron chi connectivity index (χ1n) is 6.05. The minimum absolute atomic E-state index is 0.701. The van der Waals surface area contributed by atoms with Crippen LogP contribution in [0.5, 0.6) is 0 Å². The molecule has 1 aliphatic rings. The summed E-state index contributed by atoms with van der Waals surface area (Å²) in [4.78, 5) is 4.65. The van der Waals surface area contributed by atoms with Crippen LogP contribution in [0.1, 0.15) is 24.4 Å². The maximum Gasteiger partial charge on any atom is 0.148 e. The van der Waals surface area contributed by atoms with Crippen LogP contribution >= 0.6 is 15.9 Å². The molecule has 0 aliphatic carbocycles. The summed E-state index contributed by atoms with van der Waals surface area (Å²) < 4.78 is 3.11. The number of benzene rings is 1. The van der Waals surface area contributed by atoms with Crippen molar-refractivity contribution in [2.24, 2.45) is 0 Å². The van der Waals surface area contributed by atoms with E-state index in [4.69, 9.17) is 0 Å². The Morgan fingerprint density at radius 2 is 2.00 bits per heavy atom. The Bertz CT molecular complexity index is 620. The highest BCUT2D eigenvalue weighted by Gasteiger charge is 2.20. The molecule has 1 aliphatic heterocycles. The van der Waals surface area contributed by atoms with Crippen LogP contribution in [0.4, 0.5) is 0 Å². The molecule has 2 aromatic rings. The van der Waals surface area contributed by atoms with Gasteiger partial charge >= 0.3 is 0 Å². The lowest BCUT2D eigenvalue weighted by atomic mass is 10.1.